The van der Waals surface area contributed by atoms with Gasteiger partial charge in [-0.25, -0.2) is 0 Å². The van der Waals surface area contributed by atoms with Gasteiger partial charge in [0.05, 0.1) is 12.2 Å². The number of epoxide rings is 1. The van der Waals surface area contributed by atoms with Gasteiger partial charge in [0.25, 0.3) is 0 Å². The van der Waals surface area contributed by atoms with Crippen LogP contribution in [0, 0.1) is 12.3 Å². The molecule has 1 fully saturated rings. The third-order valence-corrected chi connectivity index (χ3v) is 2.10. The molecule has 0 aromatic carbocycles. The minimum absolute atomic E-state index is 0.400. The Kier molecular flexibility index (Phi) is 3.45. The molecule has 1 saturated heterocycles. The fourth-order valence-electron chi connectivity index (χ4n) is 1.32. The van der Waals surface area contributed by atoms with Crippen LogP contribution in [0.4, 0.5) is 0 Å². The maximum atomic E-state index is 5.36. The van der Waals surface area contributed by atoms with E-state index in [-0.39, 0.29) is 0 Å². The SMILES string of the molecule is C#CC[C@H]1O[C@H]1CCCCC. The van der Waals surface area contributed by atoms with E-state index in [0.717, 1.165) is 6.42 Å². The second kappa shape index (κ2) is 4.41. The summed E-state index contributed by atoms with van der Waals surface area (Å²) in [5.41, 5.74) is 0. The summed E-state index contributed by atoms with van der Waals surface area (Å²) >= 11 is 0. The van der Waals surface area contributed by atoms with Crippen molar-refractivity contribution in [1.82, 2.24) is 0 Å². The minimum atomic E-state index is 0.400. The molecule has 2 atom stereocenters. The van der Waals surface area contributed by atoms with E-state index in [4.69, 9.17) is 11.2 Å². The zero-order chi connectivity index (χ0) is 8.10. The molecular formula is C10H16O. The Bertz CT molecular complexity index is 145. The third kappa shape index (κ3) is 2.95. The van der Waals surface area contributed by atoms with Gasteiger partial charge in [-0.3, -0.25) is 0 Å². The van der Waals surface area contributed by atoms with Gasteiger partial charge in [0.2, 0.25) is 0 Å². The molecule has 0 bridgehead atoms. The first-order valence-corrected chi connectivity index (χ1v) is 4.47. The van der Waals surface area contributed by atoms with Crippen LogP contribution >= 0.6 is 0 Å². The van der Waals surface area contributed by atoms with Gasteiger partial charge in [-0.05, 0) is 6.42 Å². The summed E-state index contributed by atoms with van der Waals surface area (Å²) < 4.78 is 5.36. The lowest BCUT2D eigenvalue weighted by Crippen LogP contribution is -1.92. The normalized spacial score (nSPS) is 28.0. The smallest absolute Gasteiger partial charge is 0.0950 e. The molecule has 11 heavy (non-hydrogen) atoms. The molecule has 62 valence electrons. The van der Waals surface area contributed by atoms with Crippen LogP contribution in [-0.2, 0) is 4.74 Å². The number of unbranched alkanes of at least 4 members (excludes halogenated alkanes) is 2. The Hall–Kier alpha value is -0.480. The van der Waals surface area contributed by atoms with Crippen molar-refractivity contribution >= 4 is 0 Å². The van der Waals surface area contributed by atoms with Crippen LogP contribution in [0.1, 0.15) is 39.0 Å². The third-order valence-electron chi connectivity index (χ3n) is 2.10. The van der Waals surface area contributed by atoms with E-state index in [9.17, 15) is 0 Å². The summed E-state index contributed by atoms with van der Waals surface area (Å²) in [5.74, 6) is 2.63. The van der Waals surface area contributed by atoms with Crippen LogP contribution in [0.5, 0.6) is 0 Å². The monoisotopic (exact) mass is 152 g/mol. The van der Waals surface area contributed by atoms with Crippen LogP contribution in [-0.4, -0.2) is 12.2 Å². The van der Waals surface area contributed by atoms with Gasteiger partial charge < -0.3 is 4.74 Å². The summed E-state index contributed by atoms with van der Waals surface area (Å²) in [5, 5.41) is 0. The second-order valence-electron chi connectivity index (χ2n) is 3.12. The second-order valence-corrected chi connectivity index (χ2v) is 3.12. The van der Waals surface area contributed by atoms with Gasteiger partial charge >= 0.3 is 0 Å². The molecule has 0 aromatic heterocycles. The number of hydrogen-bond donors (Lipinski definition) is 0. The Labute approximate surface area is 69.1 Å². The lowest BCUT2D eigenvalue weighted by molar-refractivity contribution is 0.360. The summed E-state index contributed by atoms with van der Waals surface area (Å²) in [6.07, 6.45) is 12.0. The first-order chi connectivity index (χ1) is 5.38. The predicted octanol–water partition coefficient (Wildman–Crippen LogP) is 2.36. The van der Waals surface area contributed by atoms with E-state index in [1.165, 1.54) is 25.7 Å². The standard InChI is InChI=1S/C10H16O/c1-3-5-6-8-10-9(11-10)7-4-2/h2,9-10H,3,5-8H2,1H3/t9-,10+/m1/s1. The Balaban J connectivity index is 1.92. The largest absolute Gasteiger partial charge is 0.369 e. The Morgan fingerprint density at radius 2 is 2.18 bits per heavy atom. The molecule has 0 radical (unpaired) electrons. The zero-order valence-corrected chi connectivity index (χ0v) is 7.18. The average Bonchev–Trinajstić information content (AvgIpc) is 2.70. The van der Waals surface area contributed by atoms with E-state index in [0.29, 0.717) is 12.2 Å². The molecule has 1 aliphatic heterocycles. The van der Waals surface area contributed by atoms with Gasteiger partial charge in [-0.1, -0.05) is 26.2 Å². The molecule has 0 amide bonds. The fourth-order valence-corrected chi connectivity index (χ4v) is 1.32. The van der Waals surface area contributed by atoms with Crippen LogP contribution in [0.2, 0.25) is 0 Å². The van der Waals surface area contributed by atoms with Crippen molar-refractivity contribution in [3.8, 4) is 12.3 Å². The van der Waals surface area contributed by atoms with E-state index >= 15 is 0 Å². The van der Waals surface area contributed by atoms with E-state index in [1.54, 1.807) is 0 Å². The van der Waals surface area contributed by atoms with Crippen molar-refractivity contribution in [2.24, 2.45) is 0 Å². The van der Waals surface area contributed by atoms with E-state index in [2.05, 4.69) is 12.8 Å². The molecule has 0 aliphatic carbocycles. The van der Waals surface area contributed by atoms with Crippen LogP contribution < -0.4 is 0 Å². The molecule has 0 aromatic rings. The van der Waals surface area contributed by atoms with Crippen molar-refractivity contribution in [1.29, 1.82) is 0 Å². The summed E-state index contributed by atoms with van der Waals surface area (Å²) in [7, 11) is 0. The molecule has 1 aliphatic rings. The predicted molar refractivity (Wildman–Crippen MR) is 46.3 cm³/mol. The van der Waals surface area contributed by atoms with Gasteiger partial charge in [0.1, 0.15) is 0 Å². The van der Waals surface area contributed by atoms with Crippen molar-refractivity contribution in [2.75, 3.05) is 0 Å². The molecule has 1 heterocycles. The number of rotatable bonds is 5. The van der Waals surface area contributed by atoms with Gasteiger partial charge in [-0.2, -0.15) is 0 Å². The van der Waals surface area contributed by atoms with Gasteiger partial charge in [-0.15, -0.1) is 12.3 Å². The average molecular weight is 152 g/mol. The molecule has 1 heteroatoms. The molecule has 0 spiro atoms. The molecule has 1 rings (SSSR count). The highest BCUT2D eigenvalue weighted by Gasteiger charge is 2.36. The lowest BCUT2D eigenvalue weighted by Gasteiger charge is -1.92. The molecule has 0 saturated carbocycles. The Morgan fingerprint density at radius 1 is 1.36 bits per heavy atom. The quantitative estimate of drug-likeness (QED) is 0.335. The van der Waals surface area contributed by atoms with Gasteiger partial charge in [0.15, 0.2) is 0 Å². The summed E-state index contributed by atoms with van der Waals surface area (Å²) in [6.45, 7) is 2.21. The van der Waals surface area contributed by atoms with Gasteiger partial charge in [0, 0.05) is 6.42 Å². The molecule has 1 nitrogen and oxygen atoms in total. The lowest BCUT2D eigenvalue weighted by atomic mass is 10.1. The van der Waals surface area contributed by atoms with Crippen LogP contribution in [0.3, 0.4) is 0 Å². The maximum absolute atomic E-state index is 5.36. The van der Waals surface area contributed by atoms with Crippen molar-refractivity contribution in [2.45, 2.75) is 51.2 Å². The highest BCUT2D eigenvalue weighted by Crippen LogP contribution is 2.29. The number of ether oxygens (including phenoxy) is 1. The Morgan fingerprint density at radius 3 is 2.82 bits per heavy atom. The minimum Gasteiger partial charge on any atom is -0.369 e. The zero-order valence-electron chi connectivity index (χ0n) is 7.18. The van der Waals surface area contributed by atoms with Crippen molar-refractivity contribution in [3.63, 3.8) is 0 Å². The summed E-state index contributed by atoms with van der Waals surface area (Å²) in [6, 6.07) is 0. The van der Waals surface area contributed by atoms with Crippen molar-refractivity contribution < 1.29 is 4.74 Å². The van der Waals surface area contributed by atoms with E-state index < -0.39 is 0 Å². The first-order valence-electron chi connectivity index (χ1n) is 4.47. The number of hydrogen-bond acceptors (Lipinski definition) is 1. The first kappa shape index (κ1) is 8.62. The molecule has 0 N–H and O–H groups in total. The highest BCUT2D eigenvalue weighted by atomic mass is 16.6. The summed E-state index contributed by atoms with van der Waals surface area (Å²) in [4.78, 5) is 0. The van der Waals surface area contributed by atoms with Crippen LogP contribution in [0.25, 0.3) is 0 Å². The maximum Gasteiger partial charge on any atom is 0.0950 e. The fraction of sp³-hybridized carbons (Fsp3) is 0.800. The molecule has 0 unspecified atom stereocenters. The topological polar surface area (TPSA) is 12.5 Å². The van der Waals surface area contributed by atoms with Crippen molar-refractivity contribution in [3.05, 3.63) is 0 Å². The molecular weight excluding hydrogens is 136 g/mol. The highest BCUT2D eigenvalue weighted by molar-refractivity contribution is 4.96. The van der Waals surface area contributed by atoms with E-state index in [1.807, 2.05) is 0 Å². The van der Waals surface area contributed by atoms with Crippen LogP contribution in [0.15, 0.2) is 0 Å². The number of terminal acetylenes is 1.